The number of nitro groups is 1. The zero-order valence-corrected chi connectivity index (χ0v) is 37.1. The van der Waals surface area contributed by atoms with E-state index < -0.39 is 43.6 Å². The van der Waals surface area contributed by atoms with Crippen LogP contribution in [0.4, 0.5) is 11.4 Å². The smallest absolute Gasteiger partial charge is 0.312 e. The molecule has 2 bridgehead atoms. The number of carbonyl (C=O) groups excluding carboxylic acids is 1. The number of aromatic amines is 1. The maximum Gasteiger partial charge on any atom is 0.312 e. The average Bonchev–Trinajstić information content (AvgIpc) is 3.99. The molecule has 15 nitrogen and oxygen atoms in total. The Morgan fingerprint density at radius 1 is 1.00 bits per heavy atom. The van der Waals surface area contributed by atoms with Crippen LogP contribution in [0.15, 0.2) is 95.7 Å². The molecule has 2 saturated carbocycles. The van der Waals surface area contributed by atoms with Gasteiger partial charge in [-0.15, -0.1) is 0 Å². The second kappa shape index (κ2) is 17.5. The summed E-state index contributed by atoms with van der Waals surface area (Å²) in [5.74, 6) is -1.09. The van der Waals surface area contributed by atoms with Crippen molar-refractivity contribution in [3.05, 3.63) is 117 Å². The average molecular weight is 911 g/mol. The van der Waals surface area contributed by atoms with Crippen LogP contribution in [-0.4, -0.2) is 95.9 Å². The summed E-state index contributed by atoms with van der Waals surface area (Å²) < 4.78 is 41.6. The van der Waals surface area contributed by atoms with Gasteiger partial charge in [-0.05, 0) is 115 Å². The van der Waals surface area contributed by atoms with E-state index in [0.29, 0.717) is 37.3 Å². The van der Waals surface area contributed by atoms with E-state index in [9.17, 15) is 33.5 Å². The molecule has 3 aliphatic carbocycles. The number of ether oxygens (including phenoxy) is 2. The van der Waals surface area contributed by atoms with E-state index in [0.717, 1.165) is 67.1 Å². The van der Waals surface area contributed by atoms with Crippen molar-refractivity contribution in [2.24, 2.45) is 23.2 Å². The molecule has 3 fully saturated rings. The zero-order valence-electron chi connectivity index (χ0n) is 35.6. The van der Waals surface area contributed by atoms with E-state index >= 15 is 0 Å². The van der Waals surface area contributed by atoms with E-state index in [4.69, 9.17) is 21.1 Å². The zero-order chi connectivity index (χ0) is 44.9. The molecular weight excluding hydrogens is 860 g/mol. The standard InChI is InChI=1S/C47H51ClN6O9S/c1-47(2)13-11-30(39(24-47)28-3-5-33(48)6-4-28)26-52-15-17-53(18-16-52)34-7-9-37(42(22-34)63-35-20-29-12-14-49-45(29)50-25-35)46(57)51-64(60,61)36-8-10-41(40(23-36)54(58)59)62-27-32-19-31-21-38(32)44(56)43(31)55/h3-10,12,14,20,22-23,25,31-32,38,43-44,55-56H,11,13,15-19,21,24,26-27H2,1-2H3,(H,49,50)(H,51,57)/t31-,32?,38+,43-,44+/m1/s1. The Kier molecular flexibility index (Phi) is 11.9. The van der Waals surface area contributed by atoms with Gasteiger partial charge in [0.05, 0.1) is 40.4 Å². The molecule has 3 heterocycles. The maximum absolute atomic E-state index is 13.9. The van der Waals surface area contributed by atoms with Crippen LogP contribution in [0.5, 0.6) is 17.2 Å². The number of piperazine rings is 1. The third-order valence-electron chi connectivity index (χ3n) is 13.5. The van der Waals surface area contributed by atoms with Crippen LogP contribution in [0.2, 0.25) is 5.02 Å². The van der Waals surface area contributed by atoms with Gasteiger partial charge in [0.1, 0.15) is 17.1 Å². The number of halogens is 1. The highest BCUT2D eigenvalue weighted by molar-refractivity contribution is 7.90. The van der Waals surface area contributed by atoms with Gasteiger partial charge in [-0.25, -0.2) is 18.1 Å². The fourth-order valence-corrected chi connectivity index (χ4v) is 11.1. The van der Waals surface area contributed by atoms with Gasteiger partial charge in [0, 0.05) is 67.1 Å². The SMILES string of the molecule is CC1(C)CCC(CN2CCN(c3ccc(C(=O)NS(=O)(=O)c4ccc(OCC5C[C@@H]6C[C@@H]5[C@H](O)[C@@H]6O)c([N+](=O)[O-])c4)c(Oc4cnc5[nH]ccc5c4)c3)CC2)=C(c2ccc(Cl)cc2)C1. The first kappa shape index (κ1) is 43.7. The predicted octanol–water partition coefficient (Wildman–Crippen LogP) is 7.58. The number of nitrogens with zero attached hydrogens (tertiary/aromatic N) is 4. The van der Waals surface area contributed by atoms with Gasteiger partial charge in [-0.3, -0.25) is 19.8 Å². The monoisotopic (exact) mass is 910 g/mol. The minimum absolute atomic E-state index is 0.0540. The molecule has 4 aliphatic rings. The van der Waals surface area contributed by atoms with Gasteiger partial charge in [0.2, 0.25) is 0 Å². The van der Waals surface area contributed by atoms with Crippen LogP contribution in [0, 0.1) is 33.3 Å². The Hall–Kier alpha value is -5.52. The summed E-state index contributed by atoms with van der Waals surface area (Å²) in [6, 6.07) is 19.9. The second-order valence-electron chi connectivity index (χ2n) is 18.3. The molecule has 0 radical (unpaired) electrons. The summed E-state index contributed by atoms with van der Waals surface area (Å²) in [7, 11) is -4.64. The number of H-pyrrole nitrogens is 1. The number of fused-ring (bicyclic) bond motifs is 3. The van der Waals surface area contributed by atoms with Gasteiger partial charge in [0.25, 0.3) is 15.9 Å². The first-order valence-electron chi connectivity index (χ1n) is 21.6. The third-order valence-corrected chi connectivity index (χ3v) is 15.1. The first-order valence-corrected chi connectivity index (χ1v) is 23.5. The molecule has 1 unspecified atom stereocenters. The van der Waals surface area contributed by atoms with Crippen LogP contribution < -0.4 is 19.1 Å². The number of hydrogen-bond acceptors (Lipinski definition) is 12. The molecule has 5 atom stereocenters. The fraction of sp³-hybridized carbons (Fsp3) is 0.404. The third kappa shape index (κ3) is 9.07. The van der Waals surface area contributed by atoms with E-state index in [1.807, 2.05) is 18.2 Å². The molecule has 9 rings (SSSR count). The molecule has 1 saturated heterocycles. The van der Waals surface area contributed by atoms with E-state index in [1.165, 1.54) is 35.0 Å². The molecular formula is C47H51ClN6O9S. The van der Waals surface area contributed by atoms with Crippen LogP contribution >= 0.6 is 11.6 Å². The molecule has 1 amide bonds. The second-order valence-corrected chi connectivity index (χ2v) is 20.4. The van der Waals surface area contributed by atoms with Crippen molar-refractivity contribution in [3.8, 4) is 17.2 Å². The van der Waals surface area contributed by atoms with E-state index in [2.05, 4.69) is 50.5 Å². The maximum atomic E-state index is 13.9. The quantitative estimate of drug-likeness (QED) is 0.0668. The largest absolute Gasteiger partial charge is 0.487 e. The number of nitro benzene ring substituents is 1. The number of pyridine rings is 1. The van der Waals surface area contributed by atoms with Crippen molar-refractivity contribution in [2.75, 3.05) is 44.2 Å². The van der Waals surface area contributed by atoms with E-state index in [1.54, 1.807) is 24.4 Å². The molecule has 0 spiro atoms. The summed E-state index contributed by atoms with van der Waals surface area (Å²) >= 11 is 6.24. The lowest BCUT2D eigenvalue weighted by Crippen LogP contribution is -2.47. The van der Waals surface area contributed by atoms with E-state index in [-0.39, 0.29) is 46.8 Å². The molecule has 3 aromatic carbocycles. The highest BCUT2D eigenvalue weighted by Gasteiger charge is 2.51. The number of hydrogen-bond donors (Lipinski definition) is 4. The lowest BCUT2D eigenvalue weighted by Gasteiger charge is -2.39. The Morgan fingerprint density at radius 2 is 1.78 bits per heavy atom. The number of anilines is 1. The summed E-state index contributed by atoms with van der Waals surface area (Å²) in [5.41, 5.74) is 5.05. The minimum atomic E-state index is -4.64. The fourth-order valence-electron chi connectivity index (χ4n) is 9.96. The topological polar surface area (TPSA) is 200 Å². The summed E-state index contributed by atoms with van der Waals surface area (Å²) in [6.45, 7) is 8.59. The number of sulfonamides is 1. The predicted molar refractivity (Wildman–Crippen MR) is 242 cm³/mol. The van der Waals surface area contributed by atoms with Crippen molar-refractivity contribution >= 4 is 55.5 Å². The molecule has 336 valence electrons. The number of rotatable bonds is 13. The van der Waals surface area contributed by atoms with Crippen molar-refractivity contribution < 1.29 is 37.8 Å². The molecule has 2 aromatic heterocycles. The summed E-state index contributed by atoms with van der Waals surface area (Å²) in [5, 5.41) is 34.1. The number of amides is 1. The Morgan fingerprint density at radius 3 is 2.52 bits per heavy atom. The summed E-state index contributed by atoms with van der Waals surface area (Å²) in [4.78, 5) is 37.0. The normalized spacial score (nSPS) is 23.4. The number of carbonyl (C=O) groups is 1. The highest BCUT2D eigenvalue weighted by atomic mass is 35.5. The number of allylic oxidation sites excluding steroid dienone is 1. The molecule has 1 aliphatic heterocycles. The number of aromatic nitrogens is 2. The van der Waals surface area contributed by atoms with Crippen LogP contribution in [-0.2, 0) is 10.0 Å². The number of aliphatic hydroxyl groups excluding tert-OH is 2. The highest BCUT2D eigenvalue weighted by Crippen LogP contribution is 2.49. The van der Waals surface area contributed by atoms with Crippen molar-refractivity contribution in [3.63, 3.8) is 0 Å². The minimum Gasteiger partial charge on any atom is -0.487 e. The Bertz CT molecular complexity index is 2730. The Balaban J connectivity index is 0.920. The lowest BCUT2D eigenvalue weighted by molar-refractivity contribution is -0.386. The molecule has 4 N–H and O–H groups in total. The molecule has 64 heavy (non-hydrogen) atoms. The van der Waals surface area contributed by atoms with Gasteiger partial charge in [-0.2, -0.15) is 0 Å². The van der Waals surface area contributed by atoms with Gasteiger partial charge in [0.15, 0.2) is 5.75 Å². The molecule has 5 aromatic rings. The van der Waals surface area contributed by atoms with Crippen molar-refractivity contribution in [2.45, 2.75) is 63.1 Å². The van der Waals surface area contributed by atoms with Gasteiger partial charge >= 0.3 is 5.69 Å². The first-order chi connectivity index (χ1) is 30.6. The van der Waals surface area contributed by atoms with Crippen LogP contribution in [0.25, 0.3) is 16.6 Å². The number of nitrogens with one attached hydrogen (secondary N) is 2. The number of benzene rings is 3. The number of aliphatic hydroxyl groups is 2. The van der Waals surface area contributed by atoms with Crippen LogP contribution in [0.1, 0.15) is 61.9 Å². The molecule has 17 heteroatoms. The van der Waals surface area contributed by atoms with Crippen LogP contribution in [0.3, 0.4) is 0 Å². The van der Waals surface area contributed by atoms with Crippen molar-refractivity contribution in [1.29, 1.82) is 0 Å². The van der Waals surface area contributed by atoms with Crippen molar-refractivity contribution in [1.82, 2.24) is 19.6 Å². The van der Waals surface area contributed by atoms with Gasteiger partial charge < -0.3 is 29.6 Å². The lowest BCUT2D eigenvalue weighted by atomic mass is 9.72. The van der Waals surface area contributed by atoms with Gasteiger partial charge in [-0.1, -0.05) is 43.2 Å². The summed E-state index contributed by atoms with van der Waals surface area (Å²) in [6.07, 6.45) is 6.00. The Labute approximate surface area is 376 Å².